The highest BCUT2D eigenvalue weighted by Gasteiger charge is 2.60. The summed E-state index contributed by atoms with van der Waals surface area (Å²) in [4.78, 5) is 12.9. The van der Waals surface area contributed by atoms with Crippen molar-refractivity contribution in [1.82, 2.24) is 5.32 Å². The highest BCUT2D eigenvalue weighted by molar-refractivity contribution is 8.18. The maximum absolute atomic E-state index is 12.2. The standard InChI is InChI=1S/C21H25N3OS/c1-13-6-5-7-14(10-13)11-16-18(25)22-19(26-16)24-23-17-12-15-8-9-21(17,4)20(15,2)3/h5-7,10-11,15H,8-9,12H2,1-4H3,(H,22,24,25)/b16-11+,23-17+. The molecule has 2 unspecified atom stereocenters. The van der Waals surface area contributed by atoms with Crippen molar-refractivity contribution in [3.63, 3.8) is 0 Å². The van der Waals surface area contributed by atoms with Crippen molar-refractivity contribution >= 4 is 34.6 Å². The molecule has 26 heavy (non-hydrogen) atoms. The van der Waals surface area contributed by atoms with E-state index in [0.717, 1.165) is 12.0 Å². The number of hydrogen-bond acceptors (Lipinski definition) is 4. The minimum Gasteiger partial charge on any atom is -0.299 e. The molecule has 0 spiro atoms. The van der Waals surface area contributed by atoms with Crippen molar-refractivity contribution in [3.05, 3.63) is 40.3 Å². The molecule has 1 aromatic carbocycles. The molecular weight excluding hydrogens is 342 g/mol. The van der Waals surface area contributed by atoms with Gasteiger partial charge in [0.1, 0.15) is 0 Å². The molecule has 2 atom stereocenters. The van der Waals surface area contributed by atoms with Crippen LogP contribution in [-0.2, 0) is 4.79 Å². The minimum absolute atomic E-state index is 0.102. The zero-order valence-corrected chi connectivity index (χ0v) is 16.6. The maximum atomic E-state index is 12.2. The summed E-state index contributed by atoms with van der Waals surface area (Å²) >= 11 is 1.37. The first-order valence-electron chi connectivity index (χ1n) is 9.22. The number of benzene rings is 1. The molecule has 4 nitrogen and oxygen atoms in total. The topological polar surface area (TPSA) is 53.8 Å². The summed E-state index contributed by atoms with van der Waals surface area (Å²) in [6, 6.07) is 8.11. The van der Waals surface area contributed by atoms with Crippen LogP contribution in [0.4, 0.5) is 0 Å². The van der Waals surface area contributed by atoms with Crippen LogP contribution >= 0.6 is 11.8 Å². The lowest BCUT2D eigenvalue weighted by molar-refractivity contribution is -0.115. The predicted octanol–water partition coefficient (Wildman–Crippen LogP) is 4.76. The first-order chi connectivity index (χ1) is 12.3. The van der Waals surface area contributed by atoms with Crippen LogP contribution in [0.5, 0.6) is 0 Å². The van der Waals surface area contributed by atoms with E-state index in [-0.39, 0.29) is 16.7 Å². The summed E-state index contributed by atoms with van der Waals surface area (Å²) in [7, 11) is 0. The molecule has 0 aromatic heterocycles. The molecule has 2 aliphatic carbocycles. The van der Waals surface area contributed by atoms with Gasteiger partial charge in [-0.1, -0.05) is 50.6 Å². The largest absolute Gasteiger partial charge is 0.299 e. The molecule has 2 bridgehead atoms. The number of nitrogens with one attached hydrogen (secondary N) is 1. The molecule has 4 rings (SSSR count). The number of amides is 1. The third-order valence-corrected chi connectivity index (χ3v) is 7.66. The van der Waals surface area contributed by atoms with Gasteiger partial charge in [-0.2, -0.15) is 5.10 Å². The molecule has 3 aliphatic rings. The van der Waals surface area contributed by atoms with Crippen molar-refractivity contribution in [3.8, 4) is 0 Å². The highest BCUT2D eigenvalue weighted by atomic mass is 32.2. The number of rotatable bonds is 2. The second kappa shape index (κ2) is 6.08. The van der Waals surface area contributed by atoms with Gasteiger partial charge in [-0.15, -0.1) is 5.10 Å². The smallest absolute Gasteiger partial charge is 0.264 e. The van der Waals surface area contributed by atoms with E-state index in [1.54, 1.807) is 0 Å². The van der Waals surface area contributed by atoms with Crippen molar-refractivity contribution in [2.75, 3.05) is 0 Å². The predicted molar refractivity (Wildman–Crippen MR) is 109 cm³/mol. The summed E-state index contributed by atoms with van der Waals surface area (Å²) in [5, 5.41) is 12.4. The monoisotopic (exact) mass is 367 g/mol. The summed E-state index contributed by atoms with van der Waals surface area (Å²) in [6.07, 6.45) is 5.41. The third kappa shape index (κ3) is 2.73. The third-order valence-electron chi connectivity index (χ3n) is 6.76. The van der Waals surface area contributed by atoms with Gasteiger partial charge in [0.25, 0.3) is 5.91 Å². The van der Waals surface area contributed by atoms with Gasteiger partial charge in [-0.05, 0) is 60.9 Å². The highest BCUT2D eigenvalue weighted by Crippen LogP contribution is 2.64. The summed E-state index contributed by atoms with van der Waals surface area (Å²) < 4.78 is 0. The fourth-order valence-electron chi connectivity index (χ4n) is 4.57. The second-order valence-electron chi connectivity index (χ2n) is 8.42. The molecule has 1 saturated heterocycles. The Morgan fingerprint density at radius 3 is 2.73 bits per heavy atom. The van der Waals surface area contributed by atoms with Gasteiger partial charge < -0.3 is 0 Å². The van der Waals surface area contributed by atoms with Crippen molar-refractivity contribution in [1.29, 1.82) is 0 Å². The Hall–Kier alpha value is -1.88. The molecule has 1 aliphatic heterocycles. The number of aryl methyl sites for hydroxylation is 1. The Balaban J connectivity index is 1.55. The molecular formula is C21H25N3OS. The van der Waals surface area contributed by atoms with Crippen LogP contribution in [0.3, 0.4) is 0 Å². The lowest BCUT2D eigenvalue weighted by Crippen LogP contribution is -2.32. The fourth-order valence-corrected chi connectivity index (χ4v) is 5.34. The van der Waals surface area contributed by atoms with E-state index < -0.39 is 0 Å². The number of thioether (sulfide) groups is 1. The Morgan fingerprint density at radius 2 is 2.08 bits per heavy atom. The van der Waals surface area contributed by atoms with Gasteiger partial charge in [0, 0.05) is 11.1 Å². The van der Waals surface area contributed by atoms with E-state index in [0.29, 0.717) is 16.0 Å². The first-order valence-corrected chi connectivity index (χ1v) is 10.0. The summed E-state index contributed by atoms with van der Waals surface area (Å²) in [6.45, 7) is 9.08. The minimum atomic E-state index is -0.102. The quantitative estimate of drug-likeness (QED) is 0.605. The fraction of sp³-hybridized carbons (Fsp3) is 0.476. The zero-order chi connectivity index (χ0) is 18.5. The van der Waals surface area contributed by atoms with Gasteiger partial charge in [0.2, 0.25) is 0 Å². The maximum Gasteiger partial charge on any atom is 0.264 e. The number of fused-ring (bicyclic) bond motifs is 2. The van der Waals surface area contributed by atoms with E-state index in [2.05, 4.69) is 42.4 Å². The number of hydrogen-bond donors (Lipinski definition) is 1. The Bertz CT molecular complexity index is 868. The van der Waals surface area contributed by atoms with Crippen molar-refractivity contribution in [2.24, 2.45) is 27.0 Å². The van der Waals surface area contributed by atoms with Gasteiger partial charge in [-0.3, -0.25) is 10.1 Å². The molecule has 136 valence electrons. The SMILES string of the molecule is Cc1cccc(/C=C2/S/C(=N\N=C3/CC4CCC3(C)C4(C)C)NC2=O)c1. The number of carbonyl (C=O) groups excluding carboxylic acids is 1. The van der Waals surface area contributed by atoms with Crippen LogP contribution in [0.1, 0.15) is 51.2 Å². The molecule has 1 aromatic rings. The lowest BCUT2D eigenvalue weighted by Gasteiger charge is -2.34. The molecule has 1 heterocycles. The summed E-state index contributed by atoms with van der Waals surface area (Å²) in [5.74, 6) is 0.601. The van der Waals surface area contributed by atoms with Crippen LogP contribution in [0.25, 0.3) is 6.08 Å². The molecule has 2 saturated carbocycles. The molecule has 0 radical (unpaired) electrons. The molecule has 1 amide bonds. The van der Waals surface area contributed by atoms with Crippen LogP contribution in [0.2, 0.25) is 0 Å². The van der Waals surface area contributed by atoms with Gasteiger partial charge in [-0.25, -0.2) is 0 Å². The number of nitrogens with zero attached hydrogens (tertiary/aromatic N) is 2. The normalized spacial score (nSPS) is 34.2. The molecule has 5 heteroatoms. The van der Waals surface area contributed by atoms with E-state index >= 15 is 0 Å². The van der Waals surface area contributed by atoms with Gasteiger partial charge >= 0.3 is 0 Å². The molecule has 1 N–H and O–H groups in total. The van der Waals surface area contributed by atoms with Crippen LogP contribution in [0, 0.1) is 23.7 Å². The van der Waals surface area contributed by atoms with E-state index in [1.807, 2.05) is 31.2 Å². The van der Waals surface area contributed by atoms with E-state index in [4.69, 9.17) is 0 Å². The average Bonchev–Trinajstić information content (AvgIpc) is 3.10. The van der Waals surface area contributed by atoms with Crippen LogP contribution in [-0.4, -0.2) is 16.8 Å². The molecule has 3 fully saturated rings. The van der Waals surface area contributed by atoms with Crippen LogP contribution < -0.4 is 5.32 Å². The second-order valence-corrected chi connectivity index (χ2v) is 9.45. The Morgan fingerprint density at radius 1 is 1.27 bits per heavy atom. The van der Waals surface area contributed by atoms with Gasteiger partial charge in [0.15, 0.2) is 5.17 Å². The average molecular weight is 368 g/mol. The first kappa shape index (κ1) is 17.5. The van der Waals surface area contributed by atoms with Gasteiger partial charge in [0.05, 0.1) is 4.91 Å². The van der Waals surface area contributed by atoms with Crippen LogP contribution in [0.15, 0.2) is 39.4 Å². The Labute approximate surface area is 159 Å². The zero-order valence-electron chi connectivity index (χ0n) is 15.8. The van der Waals surface area contributed by atoms with Crippen molar-refractivity contribution < 1.29 is 4.79 Å². The number of carbonyl (C=O) groups is 1. The summed E-state index contributed by atoms with van der Waals surface area (Å²) in [5.41, 5.74) is 3.81. The van der Waals surface area contributed by atoms with E-state index in [9.17, 15) is 4.79 Å². The van der Waals surface area contributed by atoms with Crippen molar-refractivity contribution in [2.45, 2.75) is 47.0 Å². The Kier molecular flexibility index (Phi) is 4.10. The van der Waals surface area contributed by atoms with E-state index in [1.165, 1.54) is 35.9 Å². The number of amidine groups is 1. The lowest BCUT2D eigenvalue weighted by atomic mass is 9.70.